The third-order valence-electron chi connectivity index (χ3n) is 3.73. The summed E-state index contributed by atoms with van der Waals surface area (Å²) in [6, 6.07) is 13.1. The lowest BCUT2D eigenvalue weighted by Crippen LogP contribution is -2.30. The Labute approximate surface area is 166 Å². The molecule has 9 heteroatoms. The van der Waals surface area contributed by atoms with Crippen LogP contribution in [0.2, 0.25) is 0 Å². The smallest absolute Gasteiger partial charge is 0.252 e. The molecule has 0 aliphatic heterocycles. The first-order valence-electron chi connectivity index (χ1n) is 8.14. The number of aliphatic hydroxyl groups is 1. The normalized spacial score (nSPS) is 12.6. The molecule has 0 bridgehead atoms. The molecule has 1 unspecified atom stereocenters. The van der Waals surface area contributed by atoms with E-state index in [4.69, 9.17) is 4.74 Å². The van der Waals surface area contributed by atoms with E-state index in [0.29, 0.717) is 10.0 Å². The summed E-state index contributed by atoms with van der Waals surface area (Å²) >= 11 is 3.26. The summed E-state index contributed by atoms with van der Waals surface area (Å²) in [6.07, 6.45) is -0.864. The third-order valence-corrected chi connectivity index (χ3v) is 5.88. The van der Waals surface area contributed by atoms with Crippen molar-refractivity contribution in [2.75, 3.05) is 26.8 Å². The van der Waals surface area contributed by atoms with Crippen molar-refractivity contribution in [3.05, 3.63) is 64.1 Å². The summed E-state index contributed by atoms with van der Waals surface area (Å²) in [5, 5.41) is 12.8. The lowest BCUT2D eigenvalue weighted by atomic mass is 10.1. The molecule has 0 heterocycles. The molecule has 0 aliphatic carbocycles. The number of hydrogen-bond acceptors (Lipinski definition) is 5. The van der Waals surface area contributed by atoms with Crippen molar-refractivity contribution in [1.29, 1.82) is 0 Å². The van der Waals surface area contributed by atoms with E-state index in [0.717, 1.165) is 0 Å². The van der Waals surface area contributed by atoms with Crippen LogP contribution in [-0.2, 0) is 14.8 Å². The number of rotatable bonds is 9. The Balaban J connectivity index is 2.09. The number of benzene rings is 2. The zero-order valence-corrected chi connectivity index (χ0v) is 17.1. The number of ether oxygens (including phenoxy) is 1. The van der Waals surface area contributed by atoms with Crippen molar-refractivity contribution >= 4 is 31.9 Å². The van der Waals surface area contributed by atoms with Crippen molar-refractivity contribution < 1.29 is 23.1 Å². The Morgan fingerprint density at radius 2 is 1.93 bits per heavy atom. The van der Waals surface area contributed by atoms with Crippen molar-refractivity contribution in [2.45, 2.75) is 11.0 Å². The summed E-state index contributed by atoms with van der Waals surface area (Å²) in [5.74, 6) is -0.495. The van der Waals surface area contributed by atoms with Crippen molar-refractivity contribution in [3.63, 3.8) is 0 Å². The Morgan fingerprint density at radius 1 is 1.22 bits per heavy atom. The minimum Gasteiger partial charge on any atom is -0.387 e. The Bertz CT molecular complexity index is 875. The largest absolute Gasteiger partial charge is 0.387 e. The van der Waals surface area contributed by atoms with Crippen LogP contribution in [-0.4, -0.2) is 46.2 Å². The van der Waals surface area contributed by atoms with Crippen molar-refractivity contribution in [2.24, 2.45) is 0 Å². The number of nitrogens with one attached hydrogen (secondary N) is 2. The highest BCUT2D eigenvalue weighted by atomic mass is 79.9. The first-order chi connectivity index (χ1) is 12.8. The van der Waals surface area contributed by atoms with E-state index < -0.39 is 22.0 Å². The molecule has 0 aliphatic rings. The Morgan fingerprint density at radius 3 is 2.59 bits per heavy atom. The van der Waals surface area contributed by atoms with E-state index >= 15 is 0 Å². The van der Waals surface area contributed by atoms with Crippen LogP contribution in [0.3, 0.4) is 0 Å². The molecule has 3 N–H and O–H groups in total. The molecule has 0 radical (unpaired) electrons. The van der Waals surface area contributed by atoms with Gasteiger partial charge in [-0.2, -0.15) is 0 Å². The van der Waals surface area contributed by atoms with Gasteiger partial charge in [0.15, 0.2) is 0 Å². The molecule has 7 nitrogen and oxygen atoms in total. The van der Waals surface area contributed by atoms with Gasteiger partial charge in [-0.05, 0) is 39.7 Å². The Hall–Kier alpha value is -1.78. The number of sulfonamides is 1. The third kappa shape index (κ3) is 6.12. The van der Waals surface area contributed by atoms with Gasteiger partial charge in [0.2, 0.25) is 10.0 Å². The number of hydrogen-bond donors (Lipinski definition) is 3. The van der Waals surface area contributed by atoms with Gasteiger partial charge in [-0.25, -0.2) is 13.1 Å². The molecule has 2 aromatic rings. The second-order valence-corrected chi connectivity index (χ2v) is 8.29. The van der Waals surface area contributed by atoms with Crippen LogP contribution in [0.25, 0.3) is 0 Å². The molecule has 2 rings (SSSR count). The number of amides is 1. The maximum atomic E-state index is 12.5. The van der Waals surface area contributed by atoms with Crippen LogP contribution in [0.4, 0.5) is 0 Å². The number of halogens is 1. The van der Waals surface area contributed by atoms with Crippen LogP contribution >= 0.6 is 15.9 Å². The van der Waals surface area contributed by atoms with Crippen LogP contribution < -0.4 is 10.0 Å². The van der Waals surface area contributed by atoms with E-state index in [2.05, 4.69) is 26.0 Å². The summed E-state index contributed by atoms with van der Waals surface area (Å²) in [5.41, 5.74) is 0.834. The van der Waals surface area contributed by atoms with Gasteiger partial charge in [0, 0.05) is 24.7 Å². The van der Waals surface area contributed by atoms with Crippen LogP contribution in [0.1, 0.15) is 22.0 Å². The van der Waals surface area contributed by atoms with Crippen molar-refractivity contribution in [1.82, 2.24) is 10.0 Å². The van der Waals surface area contributed by atoms with E-state index in [-0.39, 0.29) is 30.2 Å². The predicted octanol–water partition coefficient (Wildman–Crippen LogP) is 1.84. The minimum atomic E-state index is -3.76. The number of aliphatic hydroxyl groups excluding tert-OH is 1. The highest BCUT2D eigenvalue weighted by Gasteiger charge is 2.19. The summed E-state index contributed by atoms with van der Waals surface area (Å²) in [4.78, 5) is 12.4. The molecule has 0 aromatic heterocycles. The number of carbonyl (C=O) groups is 1. The first kappa shape index (κ1) is 21.5. The van der Waals surface area contributed by atoms with Gasteiger partial charge in [0.1, 0.15) is 0 Å². The molecule has 146 valence electrons. The molecule has 0 spiro atoms. The van der Waals surface area contributed by atoms with Crippen LogP contribution in [0, 0.1) is 0 Å². The van der Waals surface area contributed by atoms with E-state index in [1.54, 1.807) is 24.3 Å². The second-order valence-electron chi connectivity index (χ2n) is 5.67. The molecule has 27 heavy (non-hydrogen) atoms. The lowest BCUT2D eigenvalue weighted by molar-refractivity contribution is 0.0915. The number of carbonyl (C=O) groups excluding carboxylic acids is 1. The Kier molecular flexibility index (Phi) is 7.93. The van der Waals surface area contributed by atoms with E-state index in [1.165, 1.54) is 25.3 Å². The van der Waals surface area contributed by atoms with Gasteiger partial charge in [-0.15, -0.1) is 0 Å². The van der Waals surface area contributed by atoms with E-state index in [1.807, 2.05) is 6.07 Å². The minimum absolute atomic E-state index is 0.00163. The van der Waals surface area contributed by atoms with Gasteiger partial charge < -0.3 is 15.2 Å². The standard InChI is InChI=1S/C18H21BrN2O5S/c1-26-10-9-21-27(24,25)14-7-8-16(19)15(11-14)18(23)20-12-17(22)13-5-3-2-4-6-13/h2-8,11,17,21-22H,9-10,12H2,1H3,(H,20,23). The molecular weight excluding hydrogens is 436 g/mol. The predicted molar refractivity (Wildman–Crippen MR) is 105 cm³/mol. The molecule has 0 saturated carbocycles. The zero-order valence-electron chi connectivity index (χ0n) is 14.7. The molecular formula is C18H21BrN2O5S. The average Bonchev–Trinajstić information content (AvgIpc) is 2.66. The fourth-order valence-corrected chi connectivity index (χ4v) is 3.75. The fraction of sp³-hybridized carbons (Fsp3) is 0.278. The van der Waals surface area contributed by atoms with E-state index in [9.17, 15) is 18.3 Å². The molecule has 0 saturated heterocycles. The fourth-order valence-electron chi connectivity index (χ4n) is 2.28. The maximum Gasteiger partial charge on any atom is 0.252 e. The lowest BCUT2D eigenvalue weighted by Gasteiger charge is -2.14. The molecule has 2 aromatic carbocycles. The molecule has 1 atom stereocenters. The summed E-state index contributed by atoms with van der Waals surface area (Å²) in [6.45, 7) is 0.360. The highest BCUT2D eigenvalue weighted by molar-refractivity contribution is 9.10. The molecule has 1 amide bonds. The topological polar surface area (TPSA) is 105 Å². The van der Waals surface area contributed by atoms with Crippen molar-refractivity contribution in [3.8, 4) is 0 Å². The number of methoxy groups -OCH3 is 1. The highest BCUT2D eigenvalue weighted by Crippen LogP contribution is 2.21. The zero-order chi connectivity index (χ0) is 19.9. The first-order valence-corrected chi connectivity index (χ1v) is 10.4. The van der Waals surface area contributed by atoms with Crippen LogP contribution in [0.15, 0.2) is 57.9 Å². The quantitative estimate of drug-likeness (QED) is 0.499. The van der Waals surface area contributed by atoms with Gasteiger partial charge in [0.25, 0.3) is 5.91 Å². The summed E-state index contributed by atoms with van der Waals surface area (Å²) in [7, 11) is -2.29. The molecule has 0 fully saturated rings. The maximum absolute atomic E-state index is 12.5. The van der Waals surface area contributed by atoms with Crippen LogP contribution in [0.5, 0.6) is 0 Å². The SMILES string of the molecule is COCCNS(=O)(=O)c1ccc(Br)c(C(=O)NCC(O)c2ccccc2)c1. The summed E-state index contributed by atoms with van der Waals surface area (Å²) < 4.78 is 32.2. The van der Waals surface area contributed by atoms with Gasteiger partial charge in [-0.3, -0.25) is 4.79 Å². The van der Waals surface area contributed by atoms with Gasteiger partial charge in [0.05, 0.1) is 23.2 Å². The van der Waals surface area contributed by atoms with Gasteiger partial charge >= 0.3 is 0 Å². The second kappa shape index (κ2) is 9.95. The monoisotopic (exact) mass is 456 g/mol. The average molecular weight is 457 g/mol. The van der Waals surface area contributed by atoms with Gasteiger partial charge in [-0.1, -0.05) is 30.3 Å².